The van der Waals surface area contributed by atoms with Gasteiger partial charge < -0.3 is 4.74 Å². The van der Waals surface area contributed by atoms with Gasteiger partial charge in [-0.1, -0.05) is 26.8 Å². The molecule has 18 heavy (non-hydrogen) atoms. The Morgan fingerprint density at radius 2 is 1.89 bits per heavy atom. The van der Waals surface area contributed by atoms with E-state index in [0.29, 0.717) is 18.6 Å². The summed E-state index contributed by atoms with van der Waals surface area (Å²) in [5.41, 5.74) is 3.35. The molecular formula is C16H24O2. The fraction of sp³-hybridized carbons (Fsp3) is 0.562. The highest BCUT2D eigenvalue weighted by Gasteiger charge is 2.28. The lowest BCUT2D eigenvalue weighted by molar-refractivity contribution is -0.119. The third kappa shape index (κ3) is 3.12. The number of hydrogen-bond donors (Lipinski definition) is 0. The van der Waals surface area contributed by atoms with Gasteiger partial charge in [0.25, 0.3) is 0 Å². The van der Waals surface area contributed by atoms with Crippen LogP contribution in [0.3, 0.4) is 0 Å². The first-order chi connectivity index (χ1) is 8.31. The molecule has 0 saturated heterocycles. The molecule has 0 aliphatic heterocycles. The highest BCUT2D eigenvalue weighted by atomic mass is 16.5. The van der Waals surface area contributed by atoms with Gasteiger partial charge in [0.1, 0.15) is 11.5 Å². The topological polar surface area (TPSA) is 26.3 Å². The van der Waals surface area contributed by atoms with Crippen LogP contribution in [0.2, 0.25) is 0 Å². The van der Waals surface area contributed by atoms with Gasteiger partial charge in [0.2, 0.25) is 0 Å². The molecule has 0 amide bonds. The summed E-state index contributed by atoms with van der Waals surface area (Å²) in [4.78, 5) is 11.7. The molecule has 0 saturated carbocycles. The Kier molecular flexibility index (Phi) is 4.55. The van der Waals surface area contributed by atoms with E-state index in [0.717, 1.165) is 11.3 Å². The number of carbonyl (C=O) groups excluding carboxylic acids is 1. The molecule has 0 aliphatic rings. The van der Waals surface area contributed by atoms with Gasteiger partial charge >= 0.3 is 0 Å². The molecule has 1 rings (SSSR count). The van der Waals surface area contributed by atoms with Gasteiger partial charge in [0.05, 0.1) is 7.11 Å². The van der Waals surface area contributed by atoms with E-state index in [1.165, 1.54) is 11.1 Å². The van der Waals surface area contributed by atoms with Crippen molar-refractivity contribution in [3.05, 3.63) is 28.8 Å². The van der Waals surface area contributed by atoms with Crippen molar-refractivity contribution in [2.24, 2.45) is 0 Å². The molecule has 0 radical (unpaired) electrons. The van der Waals surface area contributed by atoms with E-state index in [1.54, 1.807) is 7.11 Å². The average Bonchev–Trinajstić information content (AvgIpc) is 2.26. The van der Waals surface area contributed by atoms with Crippen LogP contribution in [-0.2, 0) is 10.2 Å². The van der Waals surface area contributed by atoms with E-state index in [1.807, 2.05) is 13.0 Å². The molecule has 0 aromatic heterocycles. The Morgan fingerprint density at radius 1 is 1.28 bits per heavy atom. The highest BCUT2D eigenvalue weighted by molar-refractivity contribution is 5.79. The van der Waals surface area contributed by atoms with Crippen LogP contribution in [0.1, 0.15) is 50.3 Å². The standard InChI is InChI=1S/C16H24O2/c1-7-13(17)10-16(4,5)15-12(3)8-11(2)9-14(15)18-6/h8-9H,7,10H2,1-6H3. The lowest BCUT2D eigenvalue weighted by atomic mass is 9.77. The van der Waals surface area contributed by atoms with E-state index >= 15 is 0 Å². The van der Waals surface area contributed by atoms with E-state index in [9.17, 15) is 4.79 Å². The predicted molar refractivity (Wildman–Crippen MR) is 75.4 cm³/mol. The fourth-order valence-electron chi connectivity index (χ4n) is 2.66. The lowest BCUT2D eigenvalue weighted by Gasteiger charge is -2.28. The summed E-state index contributed by atoms with van der Waals surface area (Å²) in [5.74, 6) is 1.18. The second-order valence-corrected chi connectivity index (χ2v) is 5.61. The summed E-state index contributed by atoms with van der Waals surface area (Å²) in [6.07, 6.45) is 1.15. The number of carbonyl (C=O) groups is 1. The zero-order chi connectivity index (χ0) is 13.9. The molecule has 0 N–H and O–H groups in total. The summed E-state index contributed by atoms with van der Waals surface area (Å²) in [6, 6.07) is 4.19. The zero-order valence-corrected chi connectivity index (χ0v) is 12.4. The van der Waals surface area contributed by atoms with Crippen LogP contribution in [0, 0.1) is 13.8 Å². The molecule has 0 aliphatic carbocycles. The second kappa shape index (κ2) is 5.55. The molecule has 0 atom stereocenters. The van der Waals surface area contributed by atoms with Gasteiger partial charge in [0, 0.05) is 23.8 Å². The average molecular weight is 248 g/mol. The van der Waals surface area contributed by atoms with Crippen molar-refractivity contribution in [1.29, 1.82) is 0 Å². The van der Waals surface area contributed by atoms with E-state index < -0.39 is 0 Å². The number of hydrogen-bond acceptors (Lipinski definition) is 2. The molecule has 2 nitrogen and oxygen atoms in total. The summed E-state index contributed by atoms with van der Waals surface area (Å²) in [6.45, 7) is 10.3. The lowest BCUT2D eigenvalue weighted by Crippen LogP contribution is -2.23. The van der Waals surface area contributed by atoms with E-state index in [-0.39, 0.29) is 5.41 Å². The number of benzene rings is 1. The number of Topliss-reactive ketones (excluding diaryl/α,β-unsaturated/α-hetero) is 1. The molecule has 2 heteroatoms. The predicted octanol–water partition coefficient (Wildman–Crippen LogP) is 3.96. The Morgan fingerprint density at radius 3 is 2.39 bits per heavy atom. The Balaban J connectivity index is 3.26. The number of ether oxygens (including phenoxy) is 1. The van der Waals surface area contributed by atoms with E-state index in [2.05, 4.69) is 33.8 Å². The third-order valence-electron chi connectivity index (χ3n) is 3.37. The maximum Gasteiger partial charge on any atom is 0.133 e. The van der Waals surface area contributed by atoms with Crippen molar-refractivity contribution >= 4 is 5.78 Å². The van der Waals surface area contributed by atoms with Gasteiger partial charge in [-0.2, -0.15) is 0 Å². The molecule has 100 valence electrons. The monoisotopic (exact) mass is 248 g/mol. The molecule has 1 aromatic rings. The molecule has 1 aromatic carbocycles. The van der Waals surface area contributed by atoms with Crippen LogP contribution >= 0.6 is 0 Å². The van der Waals surface area contributed by atoms with Gasteiger partial charge in [-0.05, 0) is 31.0 Å². The molecule has 0 fully saturated rings. The number of aryl methyl sites for hydroxylation is 2. The SMILES string of the molecule is CCC(=O)CC(C)(C)c1c(C)cc(C)cc1OC. The first-order valence-corrected chi connectivity index (χ1v) is 6.49. The van der Waals surface area contributed by atoms with Crippen LogP contribution in [0.15, 0.2) is 12.1 Å². The second-order valence-electron chi connectivity index (χ2n) is 5.61. The maximum absolute atomic E-state index is 11.7. The fourth-order valence-corrected chi connectivity index (χ4v) is 2.66. The smallest absolute Gasteiger partial charge is 0.133 e. The van der Waals surface area contributed by atoms with Gasteiger partial charge in [-0.15, -0.1) is 0 Å². The molecular weight excluding hydrogens is 224 g/mol. The van der Waals surface area contributed by atoms with Gasteiger partial charge in [-0.3, -0.25) is 4.79 Å². The molecule has 0 heterocycles. The highest BCUT2D eigenvalue weighted by Crippen LogP contribution is 2.37. The molecule has 0 unspecified atom stereocenters. The quantitative estimate of drug-likeness (QED) is 0.788. The van der Waals surface area contributed by atoms with Crippen molar-refractivity contribution < 1.29 is 9.53 Å². The zero-order valence-electron chi connectivity index (χ0n) is 12.4. The van der Waals surface area contributed by atoms with Crippen LogP contribution in [0.5, 0.6) is 5.75 Å². The van der Waals surface area contributed by atoms with Crippen LogP contribution < -0.4 is 4.74 Å². The normalized spacial score (nSPS) is 11.4. The van der Waals surface area contributed by atoms with Crippen molar-refractivity contribution in [3.8, 4) is 5.75 Å². The third-order valence-corrected chi connectivity index (χ3v) is 3.37. The summed E-state index contributed by atoms with van der Waals surface area (Å²) in [5, 5.41) is 0. The Hall–Kier alpha value is -1.31. The summed E-state index contributed by atoms with van der Waals surface area (Å²) >= 11 is 0. The van der Waals surface area contributed by atoms with Crippen molar-refractivity contribution in [3.63, 3.8) is 0 Å². The minimum atomic E-state index is -0.184. The van der Waals surface area contributed by atoms with Crippen LogP contribution in [0.4, 0.5) is 0 Å². The van der Waals surface area contributed by atoms with Crippen molar-refractivity contribution in [1.82, 2.24) is 0 Å². The molecule has 0 bridgehead atoms. The Bertz CT molecular complexity index is 445. The summed E-state index contributed by atoms with van der Waals surface area (Å²) in [7, 11) is 1.69. The van der Waals surface area contributed by atoms with E-state index in [4.69, 9.17) is 4.74 Å². The number of ketones is 1. The van der Waals surface area contributed by atoms with Gasteiger partial charge in [0.15, 0.2) is 0 Å². The Labute approximate surface area is 110 Å². The first kappa shape index (κ1) is 14.7. The van der Waals surface area contributed by atoms with Crippen molar-refractivity contribution in [2.45, 2.75) is 52.9 Å². The molecule has 0 spiro atoms. The van der Waals surface area contributed by atoms with Crippen LogP contribution in [0.25, 0.3) is 0 Å². The minimum absolute atomic E-state index is 0.184. The van der Waals surface area contributed by atoms with Crippen molar-refractivity contribution in [2.75, 3.05) is 7.11 Å². The maximum atomic E-state index is 11.7. The number of methoxy groups -OCH3 is 1. The van der Waals surface area contributed by atoms with Crippen LogP contribution in [-0.4, -0.2) is 12.9 Å². The largest absolute Gasteiger partial charge is 0.496 e. The minimum Gasteiger partial charge on any atom is -0.496 e. The van der Waals surface area contributed by atoms with Gasteiger partial charge in [-0.25, -0.2) is 0 Å². The number of rotatable bonds is 5. The summed E-state index contributed by atoms with van der Waals surface area (Å²) < 4.78 is 5.50. The first-order valence-electron chi connectivity index (χ1n) is 6.49.